The van der Waals surface area contributed by atoms with Crippen LogP contribution in [-0.4, -0.2) is 21.5 Å². The summed E-state index contributed by atoms with van der Waals surface area (Å²) in [6.45, 7) is 0.387. The Kier molecular flexibility index (Phi) is 4.64. The van der Waals surface area contributed by atoms with E-state index in [1.807, 2.05) is 0 Å². The van der Waals surface area contributed by atoms with Crippen molar-refractivity contribution >= 4 is 21.7 Å². The highest BCUT2D eigenvalue weighted by molar-refractivity contribution is 9.10. The van der Waals surface area contributed by atoms with E-state index >= 15 is 0 Å². The van der Waals surface area contributed by atoms with Crippen LogP contribution in [0.2, 0.25) is 0 Å². The third-order valence-corrected chi connectivity index (χ3v) is 3.03. The number of aryl methyl sites for hydroxylation is 1. The fraction of sp³-hybridized carbons (Fsp3) is 0.333. The van der Waals surface area contributed by atoms with Crippen molar-refractivity contribution in [2.24, 2.45) is 0 Å². The lowest BCUT2D eigenvalue weighted by atomic mass is 10.2. The van der Waals surface area contributed by atoms with E-state index in [1.54, 1.807) is 12.4 Å². The molecule has 0 radical (unpaired) electrons. The van der Waals surface area contributed by atoms with Gasteiger partial charge in [0.15, 0.2) is 0 Å². The van der Waals surface area contributed by atoms with Crippen LogP contribution in [-0.2, 0) is 12.6 Å². The number of H-pyrrole nitrogens is 1. The van der Waals surface area contributed by atoms with Crippen LogP contribution < -0.4 is 5.32 Å². The number of aromatic nitrogens is 3. The van der Waals surface area contributed by atoms with Gasteiger partial charge in [-0.1, -0.05) is 0 Å². The lowest BCUT2D eigenvalue weighted by molar-refractivity contribution is -0.137. The molecular weight excluding hydrogens is 337 g/mol. The fourth-order valence-electron chi connectivity index (χ4n) is 1.69. The third-order valence-electron chi connectivity index (χ3n) is 2.60. The van der Waals surface area contributed by atoms with E-state index in [0.29, 0.717) is 23.9 Å². The van der Waals surface area contributed by atoms with E-state index in [9.17, 15) is 13.2 Å². The van der Waals surface area contributed by atoms with Crippen LogP contribution in [0, 0.1) is 0 Å². The average molecular weight is 349 g/mol. The van der Waals surface area contributed by atoms with Gasteiger partial charge in [-0.25, -0.2) is 9.97 Å². The van der Waals surface area contributed by atoms with Crippen molar-refractivity contribution in [2.75, 3.05) is 11.9 Å². The van der Waals surface area contributed by atoms with Gasteiger partial charge in [-0.3, -0.25) is 0 Å². The monoisotopic (exact) mass is 348 g/mol. The Labute approximate surface area is 122 Å². The van der Waals surface area contributed by atoms with Gasteiger partial charge in [0.25, 0.3) is 0 Å². The molecule has 2 rings (SSSR count). The van der Waals surface area contributed by atoms with Crippen LogP contribution in [0.3, 0.4) is 0 Å². The molecule has 2 aromatic heterocycles. The molecule has 0 amide bonds. The van der Waals surface area contributed by atoms with Gasteiger partial charge in [-0.05, 0) is 28.4 Å². The zero-order valence-corrected chi connectivity index (χ0v) is 11.9. The van der Waals surface area contributed by atoms with Crippen LogP contribution >= 0.6 is 15.9 Å². The summed E-state index contributed by atoms with van der Waals surface area (Å²) in [5, 5.41) is 2.72. The molecule has 0 unspecified atom stereocenters. The van der Waals surface area contributed by atoms with Crippen molar-refractivity contribution < 1.29 is 13.2 Å². The van der Waals surface area contributed by atoms with Crippen molar-refractivity contribution in [3.63, 3.8) is 0 Å². The smallest absolute Gasteiger partial charge is 0.370 e. The van der Waals surface area contributed by atoms with Crippen LogP contribution in [0.5, 0.6) is 0 Å². The average Bonchev–Trinajstić information content (AvgIpc) is 2.88. The van der Waals surface area contributed by atoms with Gasteiger partial charge >= 0.3 is 6.18 Å². The highest BCUT2D eigenvalue weighted by atomic mass is 79.9. The van der Waals surface area contributed by atoms with Gasteiger partial charge in [0.2, 0.25) is 0 Å². The van der Waals surface area contributed by atoms with Crippen molar-refractivity contribution in [3.05, 3.63) is 40.5 Å². The number of hydrogen-bond acceptors (Lipinski definition) is 3. The lowest BCUT2D eigenvalue weighted by Gasteiger charge is -2.13. The molecule has 0 aliphatic rings. The molecule has 2 N–H and O–H groups in total. The SMILES string of the molecule is FC(F)(F)c1cc(Br)cnc1NCCCc1ncc[nH]1. The summed E-state index contributed by atoms with van der Waals surface area (Å²) >= 11 is 2.99. The molecule has 8 heteroatoms. The van der Waals surface area contributed by atoms with E-state index < -0.39 is 11.7 Å². The first-order valence-corrected chi connectivity index (χ1v) is 6.71. The molecule has 0 saturated heterocycles. The van der Waals surface area contributed by atoms with Gasteiger partial charge in [-0.2, -0.15) is 13.2 Å². The van der Waals surface area contributed by atoms with Crippen molar-refractivity contribution in [3.8, 4) is 0 Å². The predicted octanol–water partition coefficient (Wildman–Crippen LogP) is 3.63. The molecule has 0 fully saturated rings. The van der Waals surface area contributed by atoms with Crippen LogP contribution in [0.25, 0.3) is 0 Å². The van der Waals surface area contributed by atoms with Crippen molar-refractivity contribution in [2.45, 2.75) is 19.0 Å². The molecule has 2 heterocycles. The first kappa shape index (κ1) is 14.8. The number of pyridine rings is 1. The quantitative estimate of drug-likeness (QED) is 0.811. The molecule has 2 aromatic rings. The highest BCUT2D eigenvalue weighted by Crippen LogP contribution is 2.35. The van der Waals surface area contributed by atoms with E-state index in [4.69, 9.17) is 0 Å². The Morgan fingerprint density at radius 2 is 2.10 bits per heavy atom. The first-order chi connectivity index (χ1) is 9.47. The molecule has 0 atom stereocenters. The molecule has 0 aliphatic carbocycles. The Morgan fingerprint density at radius 1 is 1.30 bits per heavy atom. The summed E-state index contributed by atoms with van der Waals surface area (Å²) < 4.78 is 38.8. The maximum atomic E-state index is 12.8. The summed E-state index contributed by atoms with van der Waals surface area (Å²) in [7, 11) is 0. The number of nitrogens with one attached hydrogen (secondary N) is 2. The topological polar surface area (TPSA) is 53.6 Å². The minimum absolute atomic E-state index is 0.153. The summed E-state index contributed by atoms with van der Waals surface area (Å²) in [5.74, 6) is 0.659. The fourth-order valence-corrected chi connectivity index (χ4v) is 2.02. The molecule has 108 valence electrons. The Hall–Kier alpha value is -1.57. The summed E-state index contributed by atoms with van der Waals surface area (Å²) in [4.78, 5) is 10.8. The number of imidazole rings is 1. The predicted molar refractivity (Wildman–Crippen MR) is 72.3 cm³/mol. The number of halogens is 4. The molecule has 0 aliphatic heterocycles. The second-order valence-electron chi connectivity index (χ2n) is 4.11. The van der Waals surface area contributed by atoms with Gasteiger partial charge < -0.3 is 10.3 Å². The Morgan fingerprint density at radius 3 is 2.75 bits per heavy atom. The number of anilines is 1. The third kappa shape index (κ3) is 3.96. The largest absolute Gasteiger partial charge is 0.419 e. The maximum Gasteiger partial charge on any atom is 0.419 e. The number of nitrogens with zero attached hydrogens (tertiary/aromatic N) is 2. The molecule has 0 bridgehead atoms. The first-order valence-electron chi connectivity index (χ1n) is 5.91. The van der Waals surface area contributed by atoms with Gasteiger partial charge in [-0.15, -0.1) is 0 Å². The lowest BCUT2D eigenvalue weighted by Crippen LogP contribution is -2.13. The maximum absolute atomic E-state index is 12.8. The Balaban J connectivity index is 1.95. The molecule has 4 nitrogen and oxygen atoms in total. The van der Waals surface area contributed by atoms with Crippen molar-refractivity contribution in [1.82, 2.24) is 15.0 Å². The number of rotatable bonds is 5. The molecule has 20 heavy (non-hydrogen) atoms. The normalized spacial score (nSPS) is 11.6. The zero-order chi connectivity index (χ0) is 14.6. The molecule has 0 spiro atoms. The molecule has 0 aromatic carbocycles. The second kappa shape index (κ2) is 6.25. The van der Waals surface area contributed by atoms with Gasteiger partial charge in [0.05, 0.1) is 5.56 Å². The number of aromatic amines is 1. The second-order valence-corrected chi connectivity index (χ2v) is 5.03. The van der Waals surface area contributed by atoms with E-state index in [0.717, 1.165) is 11.9 Å². The van der Waals surface area contributed by atoms with Gasteiger partial charge in [0, 0.05) is 36.0 Å². The summed E-state index contributed by atoms with van der Waals surface area (Å²) in [6, 6.07) is 1.02. The standard InChI is InChI=1S/C12H12BrF3N4/c13-8-6-9(12(14,15)16)11(20-7-8)19-3-1-2-10-17-4-5-18-10/h4-7H,1-3H2,(H,17,18)(H,19,20). The number of alkyl halides is 3. The van der Waals surface area contributed by atoms with E-state index in [-0.39, 0.29) is 5.82 Å². The zero-order valence-electron chi connectivity index (χ0n) is 10.3. The highest BCUT2D eigenvalue weighted by Gasteiger charge is 2.34. The minimum Gasteiger partial charge on any atom is -0.370 e. The van der Waals surface area contributed by atoms with Crippen LogP contribution in [0.4, 0.5) is 19.0 Å². The van der Waals surface area contributed by atoms with Gasteiger partial charge in [0.1, 0.15) is 11.6 Å². The summed E-state index contributed by atoms with van der Waals surface area (Å²) in [5.41, 5.74) is -0.773. The number of hydrogen-bond donors (Lipinski definition) is 2. The van der Waals surface area contributed by atoms with Crippen LogP contribution in [0.15, 0.2) is 29.1 Å². The Bertz CT molecular complexity index is 554. The van der Waals surface area contributed by atoms with Crippen LogP contribution in [0.1, 0.15) is 17.8 Å². The summed E-state index contributed by atoms with van der Waals surface area (Å²) in [6.07, 6.45) is 1.58. The minimum atomic E-state index is -4.43. The van der Waals surface area contributed by atoms with E-state index in [2.05, 4.69) is 36.2 Å². The molecule has 0 saturated carbocycles. The van der Waals surface area contributed by atoms with Crippen molar-refractivity contribution in [1.29, 1.82) is 0 Å². The molecular formula is C12H12BrF3N4. The van der Waals surface area contributed by atoms with E-state index in [1.165, 1.54) is 6.20 Å².